The van der Waals surface area contributed by atoms with Crippen LogP contribution in [0.4, 0.5) is 20.6 Å². The highest BCUT2D eigenvalue weighted by atomic mass is 35.5. The molecule has 4 N–H and O–H groups in total. The number of halogens is 2. The number of hydrogen-bond donors (Lipinski definition) is 4. The highest BCUT2D eigenvalue weighted by Crippen LogP contribution is 2.33. The van der Waals surface area contributed by atoms with E-state index in [1.165, 1.54) is 24.4 Å². The molecule has 1 aliphatic heterocycles. The van der Waals surface area contributed by atoms with Crippen LogP contribution in [0.1, 0.15) is 16.9 Å². The molecule has 0 radical (unpaired) electrons. The van der Waals surface area contributed by atoms with Crippen molar-refractivity contribution in [2.75, 3.05) is 23.4 Å². The lowest BCUT2D eigenvalue weighted by Gasteiger charge is -2.27. The van der Waals surface area contributed by atoms with Crippen LogP contribution in [-0.2, 0) is 0 Å². The quantitative estimate of drug-likeness (QED) is 0.553. The van der Waals surface area contributed by atoms with E-state index in [0.29, 0.717) is 12.1 Å². The van der Waals surface area contributed by atoms with Gasteiger partial charge in [-0.15, -0.1) is 0 Å². The summed E-state index contributed by atoms with van der Waals surface area (Å²) in [4.78, 5) is 32.6. The van der Waals surface area contributed by atoms with Gasteiger partial charge in [-0.3, -0.25) is 4.79 Å². The Labute approximate surface area is 164 Å². The van der Waals surface area contributed by atoms with Crippen molar-refractivity contribution in [3.05, 3.63) is 47.3 Å². The molecule has 1 aromatic heterocycles. The SMILES string of the molecule is O=C(O)N[C@H]1C[C@@H](CO)N(c2ccc(F)cc2NC(=O)c2ccnc(Cl)n2)C1. The molecule has 11 heteroatoms. The fourth-order valence-electron chi connectivity index (χ4n) is 3.17. The Morgan fingerprint density at radius 3 is 2.82 bits per heavy atom. The number of nitrogens with zero attached hydrogens (tertiary/aromatic N) is 3. The molecule has 0 aliphatic carbocycles. The fourth-order valence-corrected chi connectivity index (χ4v) is 3.32. The second-order valence-corrected chi connectivity index (χ2v) is 6.54. The minimum atomic E-state index is -1.17. The average molecular weight is 410 g/mol. The number of carbonyl (C=O) groups is 2. The number of anilines is 2. The molecular formula is C17H17ClFN5O4. The first-order valence-electron chi connectivity index (χ1n) is 8.33. The number of aliphatic hydroxyl groups excluding tert-OH is 1. The van der Waals surface area contributed by atoms with Gasteiger partial charge in [0.15, 0.2) is 0 Å². The number of benzene rings is 1. The van der Waals surface area contributed by atoms with Gasteiger partial charge in [0.1, 0.15) is 11.5 Å². The van der Waals surface area contributed by atoms with Gasteiger partial charge in [0.25, 0.3) is 5.91 Å². The van der Waals surface area contributed by atoms with Crippen LogP contribution in [0, 0.1) is 5.82 Å². The molecule has 2 aromatic rings. The molecule has 1 fully saturated rings. The predicted molar refractivity (Wildman–Crippen MR) is 99.2 cm³/mol. The molecule has 3 rings (SSSR count). The van der Waals surface area contributed by atoms with Crippen molar-refractivity contribution in [3.63, 3.8) is 0 Å². The number of aromatic nitrogens is 2. The van der Waals surface area contributed by atoms with Crippen molar-refractivity contribution >= 4 is 35.0 Å². The maximum absolute atomic E-state index is 13.8. The van der Waals surface area contributed by atoms with Gasteiger partial charge in [-0.05, 0) is 42.3 Å². The molecule has 2 amide bonds. The van der Waals surface area contributed by atoms with Gasteiger partial charge in [-0.2, -0.15) is 0 Å². The Morgan fingerprint density at radius 2 is 2.14 bits per heavy atom. The zero-order chi connectivity index (χ0) is 20.3. The molecule has 148 valence electrons. The Balaban J connectivity index is 1.88. The standard InChI is InChI=1S/C17H17ClFN5O4/c18-16-20-4-3-12(23-16)15(26)22-13-5-9(19)1-2-14(13)24-7-10(21-17(27)28)6-11(24)8-25/h1-5,10-11,21,25H,6-8H2,(H,22,26)(H,27,28)/t10-,11-/m0/s1. The van der Waals surface area contributed by atoms with E-state index in [-0.39, 0.29) is 29.8 Å². The van der Waals surface area contributed by atoms with Crippen molar-refractivity contribution in [2.45, 2.75) is 18.5 Å². The summed E-state index contributed by atoms with van der Waals surface area (Å²) in [6, 6.07) is 4.38. The second kappa shape index (κ2) is 8.36. The van der Waals surface area contributed by atoms with E-state index >= 15 is 0 Å². The number of aliphatic hydroxyl groups is 1. The molecule has 9 nitrogen and oxygen atoms in total. The average Bonchev–Trinajstić information content (AvgIpc) is 3.03. The van der Waals surface area contributed by atoms with Crippen molar-refractivity contribution < 1.29 is 24.2 Å². The first-order valence-corrected chi connectivity index (χ1v) is 8.71. The van der Waals surface area contributed by atoms with Crippen LogP contribution in [0.3, 0.4) is 0 Å². The Hall–Kier alpha value is -2.98. The summed E-state index contributed by atoms with van der Waals surface area (Å²) in [7, 11) is 0. The summed E-state index contributed by atoms with van der Waals surface area (Å²) in [5.74, 6) is -1.18. The Kier molecular flexibility index (Phi) is 5.90. The minimum Gasteiger partial charge on any atom is -0.465 e. The van der Waals surface area contributed by atoms with E-state index in [2.05, 4.69) is 20.6 Å². The largest absolute Gasteiger partial charge is 0.465 e. The molecule has 0 saturated carbocycles. The third-order valence-electron chi connectivity index (χ3n) is 4.33. The first kappa shape index (κ1) is 19.8. The molecule has 1 aliphatic rings. The smallest absolute Gasteiger partial charge is 0.404 e. The third kappa shape index (κ3) is 4.46. The zero-order valence-electron chi connectivity index (χ0n) is 14.5. The van der Waals surface area contributed by atoms with E-state index in [4.69, 9.17) is 16.7 Å². The van der Waals surface area contributed by atoms with Crippen molar-refractivity contribution in [1.82, 2.24) is 15.3 Å². The first-order chi connectivity index (χ1) is 13.4. The fraction of sp³-hybridized carbons (Fsp3) is 0.294. The molecule has 1 aromatic carbocycles. The van der Waals surface area contributed by atoms with Gasteiger partial charge >= 0.3 is 6.09 Å². The normalized spacial score (nSPS) is 18.8. The molecule has 0 unspecified atom stereocenters. The Morgan fingerprint density at radius 1 is 1.36 bits per heavy atom. The van der Waals surface area contributed by atoms with Crippen molar-refractivity contribution in [1.29, 1.82) is 0 Å². The van der Waals surface area contributed by atoms with Crippen molar-refractivity contribution in [3.8, 4) is 0 Å². The summed E-state index contributed by atoms with van der Waals surface area (Å²) in [5.41, 5.74) is 0.610. The summed E-state index contributed by atoms with van der Waals surface area (Å²) in [5, 5.41) is 23.5. The maximum atomic E-state index is 13.8. The number of amides is 2. The van der Waals surface area contributed by atoms with Gasteiger partial charge in [0.2, 0.25) is 5.28 Å². The van der Waals surface area contributed by atoms with E-state index in [9.17, 15) is 19.1 Å². The van der Waals surface area contributed by atoms with Gasteiger partial charge in [0.05, 0.1) is 30.1 Å². The number of rotatable bonds is 5. The van der Waals surface area contributed by atoms with Gasteiger partial charge in [-0.1, -0.05) is 0 Å². The van der Waals surface area contributed by atoms with E-state index < -0.39 is 29.9 Å². The lowest BCUT2D eigenvalue weighted by Crippen LogP contribution is -2.36. The monoisotopic (exact) mass is 409 g/mol. The van der Waals surface area contributed by atoms with E-state index in [0.717, 1.165) is 6.07 Å². The summed E-state index contributed by atoms with van der Waals surface area (Å²) < 4.78 is 13.8. The van der Waals surface area contributed by atoms with E-state index in [1.54, 1.807) is 4.90 Å². The molecule has 0 bridgehead atoms. The maximum Gasteiger partial charge on any atom is 0.404 e. The number of hydrogen-bond acceptors (Lipinski definition) is 6. The van der Waals surface area contributed by atoms with Crippen molar-refractivity contribution in [2.24, 2.45) is 0 Å². The Bertz CT molecular complexity index is 900. The lowest BCUT2D eigenvalue weighted by molar-refractivity contribution is 0.102. The number of nitrogens with one attached hydrogen (secondary N) is 2. The van der Waals surface area contributed by atoms with Gasteiger partial charge in [-0.25, -0.2) is 19.2 Å². The van der Waals surface area contributed by atoms with Crippen LogP contribution >= 0.6 is 11.6 Å². The van der Waals surface area contributed by atoms with Crippen LogP contribution in [0.2, 0.25) is 5.28 Å². The lowest BCUT2D eigenvalue weighted by atomic mass is 10.1. The van der Waals surface area contributed by atoms with Crippen LogP contribution in [0.15, 0.2) is 30.5 Å². The summed E-state index contributed by atoms with van der Waals surface area (Å²) >= 11 is 5.69. The van der Waals surface area contributed by atoms with Gasteiger partial charge < -0.3 is 25.7 Å². The second-order valence-electron chi connectivity index (χ2n) is 6.20. The summed E-state index contributed by atoms with van der Waals surface area (Å²) in [6.45, 7) is 0.0233. The highest BCUT2D eigenvalue weighted by molar-refractivity contribution is 6.28. The highest BCUT2D eigenvalue weighted by Gasteiger charge is 2.34. The molecular weight excluding hydrogens is 393 g/mol. The molecule has 1 saturated heterocycles. The molecule has 2 atom stereocenters. The van der Waals surface area contributed by atoms with Crippen LogP contribution < -0.4 is 15.5 Å². The molecule has 0 spiro atoms. The number of carboxylic acid groups (broad SMARTS) is 1. The minimum absolute atomic E-state index is 0.000705. The van der Waals surface area contributed by atoms with E-state index in [1.807, 2.05) is 0 Å². The van der Waals surface area contributed by atoms with Gasteiger partial charge in [0, 0.05) is 12.7 Å². The number of carbonyl (C=O) groups excluding carboxylic acids is 1. The predicted octanol–water partition coefficient (Wildman–Crippen LogP) is 1.73. The molecule has 28 heavy (non-hydrogen) atoms. The van der Waals surface area contributed by atoms with Crippen LogP contribution in [0.25, 0.3) is 0 Å². The van der Waals surface area contributed by atoms with Crippen LogP contribution in [-0.4, -0.2) is 57.4 Å². The molecule has 2 heterocycles. The topological polar surface area (TPSA) is 128 Å². The third-order valence-corrected chi connectivity index (χ3v) is 4.51. The zero-order valence-corrected chi connectivity index (χ0v) is 15.2. The summed E-state index contributed by atoms with van der Waals surface area (Å²) in [6.07, 6.45) is 0.521. The van der Waals surface area contributed by atoms with Crippen LogP contribution in [0.5, 0.6) is 0 Å².